The van der Waals surface area contributed by atoms with Crippen LogP contribution >= 0.6 is 0 Å². The van der Waals surface area contributed by atoms with Gasteiger partial charge in [-0.15, -0.1) is 5.10 Å². The van der Waals surface area contributed by atoms with Crippen molar-refractivity contribution in [1.29, 1.82) is 0 Å². The van der Waals surface area contributed by atoms with Gasteiger partial charge in [0.05, 0.1) is 30.6 Å². The molecule has 0 aliphatic carbocycles. The maximum Gasteiger partial charge on any atom is 0.256 e. The highest BCUT2D eigenvalue weighted by molar-refractivity contribution is 6.05. The largest absolute Gasteiger partial charge is 0.478 e. The normalized spacial score (nSPS) is 12.3. The number of amides is 1. The number of carbonyl (C=O) groups is 1. The third-order valence-corrected chi connectivity index (χ3v) is 6.18. The van der Waals surface area contributed by atoms with Crippen molar-refractivity contribution >= 4 is 34.3 Å². The zero-order valence-electron chi connectivity index (χ0n) is 22.1. The maximum absolute atomic E-state index is 13.1. The van der Waals surface area contributed by atoms with Crippen molar-refractivity contribution in [3.63, 3.8) is 0 Å². The van der Waals surface area contributed by atoms with E-state index in [0.717, 1.165) is 36.1 Å². The summed E-state index contributed by atoms with van der Waals surface area (Å²) in [5, 5.41) is 11.3. The second-order valence-corrected chi connectivity index (χ2v) is 9.00. The van der Waals surface area contributed by atoms with Gasteiger partial charge in [-0.25, -0.2) is 15.0 Å². The lowest BCUT2D eigenvalue weighted by Crippen LogP contribution is -2.44. The van der Waals surface area contributed by atoms with E-state index >= 15 is 0 Å². The number of methoxy groups -OCH3 is 1. The second-order valence-electron chi connectivity index (χ2n) is 9.00. The fourth-order valence-electron chi connectivity index (χ4n) is 4.10. The van der Waals surface area contributed by atoms with E-state index in [1.807, 2.05) is 46.4 Å². The molecule has 12 nitrogen and oxygen atoms in total. The molecule has 1 amide bonds. The molecule has 37 heavy (non-hydrogen) atoms. The molecule has 1 atom stereocenters. The summed E-state index contributed by atoms with van der Waals surface area (Å²) in [5.41, 5.74) is 2.97. The monoisotopic (exact) mass is 506 g/mol. The van der Waals surface area contributed by atoms with Crippen molar-refractivity contribution in [3.05, 3.63) is 36.9 Å². The predicted octanol–water partition coefficient (Wildman–Crippen LogP) is 2.72. The first-order valence-electron chi connectivity index (χ1n) is 12.1. The molecule has 0 saturated carbocycles. The lowest BCUT2D eigenvalue weighted by atomic mass is 10.1. The summed E-state index contributed by atoms with van der Waals surface area (Å²) in [4.78, 5) is 34.0. The number of H-pyrrole nitrogens is 1. The van der Waals surface area contributed by atoms with Crippen LogP contribution in [0.5, 0.6) is 5.88 Å². The Morgan fingerprint density at radius 3 is 2.73 bits per heavy atom. The van der Waals surface area contributed by atoms with Crippen molar-refractivity contribution in [2.45, 2.75) is 19.9 Å². The Balaban J connectivity index is 1.56. The van der Waals surface area contributed by atoms with E-state index in [4.69, 9.17) is 4.74 Å². The Kier molecular flexibility index (Phi) is 7.99. The number of nitrogens with one attached hydrogen (secondary N) is 3. The number of hydrogen-bond acceptors (Lipinski definition) is 9. The average molecular weight is 507 g/mol. The minimum Gasteiger partial charge on any atom is -0.478 e. The number of carbonyl (C=O) groups excluding carboxylic acids is 1. The summed E-state index contributed by atoms with van der Waals surface area (Å²) >= 11 is 0. The molecule has 0 bridgehead atoms. The van der Waals surface area contributed by atoms with Gasteiger partial charge in [-0.3, -0.25) is 14.4 Å². The Hall–Kier alpha value is -4.03. The molecule has 4 rings (SSSR count). The Morgan fingerprint density at radius 1 is 1.22 bits per heavy atom. The van der Waals surface area contributed by atoms with E-state index in [-0.39, 0.29) is 11.9 Å². The average Bonchev–Trinajstić information content (AvgIpc) is 3.47. The van der Waals surface area contributed by atoms with Crippen LogP contribution in [0.15, 0.2) is 36.9 Å². The Labute approximate surface area is 216 Å². The van der Waals surface area contributed by atoms with Gasteiger partial charge in [0.1, 0.15) is 5.69 Å². The third kappa shape index (κ3) is 5.87. The second kappa shape index (κ2) is 11.4. The summed E-state index contributed by atoms with van der Waals surface area (Å²) in [5.74, 6) is 1.24. The van der Waals surface area contributed by atoms with Crippen molar-refractivity contribution < 1.29 is 9.53 Å². The standard InChI is InChI=1S/C25H34N10O2/c1-7-35(13-12-33(3)4)16(2)23(36)31-22-21-17(8-10-26-22)18(14-28-21)19-9-11-27-25(29-19)30-20-15-34(5)32-24(20)37-6/h8-11,14-16,28H,7,12-13H2,1-6H3,(H,26,31,36)(H,27,29,30)/t16-/m1/s1. The number of aromatic amines is 1. The van der Waals surface area contributed by atoms with E-state index in [2.05, 4.69) is 52.4 Å². The summed E-state index contributed by atoms with van der Waals surface area (Å²) < 4.78 is 6.95. The summed E-state index contributed by atoms with van der Waals surface area (Å²) in [6.07, 6.45) is 7.02. The summed E-state index contributed by atoms with van der Waals surface area (Å²) in [6, 6.07) is 3.44. The molecular formula is C25H34N10O2. The van der Waals surface area contributed by atoms with Crippen molar-refractivity contribution in [2.24, 2.45) is 7.05 Å². The van der Waals surface area contributed by atoms with Gasteiger partial charge in [0, 0.05) is 49.7 Å². The first kappa shape index (κ1) is 26.0. The number of hydrogen-bond donors (Lipinski definition) is 3. The van der Waals surface area contributed by atoms with Crippen LogP contribution in [0.25, 0.3) is 22.2 Å². The number of nitrogens with zero attached hydrogens (tertiary/aromatic N) is 7. The van der Waals surface area contributed by atoms with Crippen molar-refractivity contribution in [1.82, 2.24) is 39.5 Å². The zero-order valence-corrected chi connectivity index (χ0v) is 22.1. The molecule has 4 aromatic rings. The van der Waals surface area contributed by atoms with Crippen LogP contribution in [-0.4, -0.2) is 92.3 Å². The predicted molar refractivity (Wildman–Crippen MR) is 144 cm³/mol. The molecule has 0 saturated heterocycles. The smallest absolute Gasteiger partial charge is 0.256 e. The summed E-state index contributed by atoms with van der Waals surface area (Å²) in [6.45, 7) is 6.44. The molecule has 0 aromatic carbocycles. The highest BCUT2D eigenvalue weighted by Crippen LogP contribution is 2.31. The third-order valence-electron chi connectivity index (χ3n) is 6.18. The van der Waals surface area contributed by atoms with E-state index in [0.29, 0.717) is 29.0 Å². The number of aromatic nitrogens is 6. The molecule has 4 heterocycles. The number of pyridine rings is 1. The van der Waals surface area contributed by atoms with Crippen LogP contribution in [0.2, 0.25) is 0 Å². The van der Waals surface area contributed by atoms with Gasteiger partial charge < -0.3 is 25.3 Å². The number of anilines is 3. The van der Waals surface area contributed by atoms with E-state index in [9.17, 15) is 4.79 Å². The molecule has 0 aliphatic heterocycles. The maximum atomic E-state index is 13.1. The molecule has 196 valence electrons. The molecular weight excluding hydrogens is 472 g/mol. The number of rotatable bonds is 11. The van der Waals surface area contributed by atoms with Crippen LogP contribution in [-0.2, 0) is 11.8 Å². The molecule has 4 aromatic heterocycles. The highest BCUT2D eigenvalue weighted by atomic mass is 16.5. The van der Waals surface area contributed by atoms with Gasteiger partial charge in [-0.05, 0) is 39.7 Å². The molecule has 0 unspecified atom stereocenters. The molecule has 0 radical (unpaired) electrons. The van der Waals surface area contributed by atoms with Crippen LogP contribution in [0.4, 0.5) is 17.5 Å². The summed E-state index contributed by atoms with van der Waals surface area (Å²) in [7, 11) is 7.42. The lowest BCUT2D eigenvalue weighted by molar-refractivity contribution is -0.120. The molecule has 0 spiro atoms. The molecule has 3 N–H and O–H groups in total. The molecule has 0 fully saturated rings. The van der Waals surface area contributed by atoms with Gasteiger partial charge in [-0.2, -0.15) is 0 Å². The number of aryl methyl sites for hydroxylation is 1. The lowest BCUT2D eigenvalue weighted by Gasteiger charge is -2.28. The van der Waals surface area contributed by atoms with Gasteiger partial charge in [0.15, 0.2) is 5.82 Å². The molecule has 0 aliphatic rings. The fourth-order valence-corrected chi connectivity index (χ4v) is 4.10. The van der Waals surface area contributed by atoms with Gasteiger partial charge >= 0.3 is 0 Å². The Morgan fingerprint density at radius 2 is 2.00 bits per heavy atom. The number of likely N-dealkylation sites (N-methyl/N-ethyl adjacent to an activating group) is 2. The van der Waals surface area contributed by atoms with Crippen LogP contribution in [0, 0.1) is 0 Å². The van der Waals surface area contributed by atoms with E-state index < -0.39 is 0 Å². The minimum absolute atomic E-state index is 0.101. The highest BCUT2D eigenvalue weighted by Gasteiger charge is 2.22. The van der Waals surface area contributed by atoms with E-state index in [1.54, 1.807) is 30.4 Å². The topological polar surface area (TPSA) is 129 Å². The fraction of sp³-hybridized carbons (Fsp3) is 0.400. The minimum atomic E-state index is -0.295. The first-order chi connectivity index (χ1) is 17.8. The SMILES string of the molecule is CCN(CCN(C)C)[C@H](C)C(=O)Nc1nccc2c(-c3ccnc(Nc4cn(C)nc4OC)n3)c[nH]c12. The Bertz CT molecular complexity index is 1360. The zero-order chi connectivity index (χ0) is 26.5. The number of ether oxygens (including phenoxy) is 1. The number of fused-ring (bicyclic) bond motifs is 1. The van der Waals surface area contributed by atoms with Crippen LogP contribution in [0.1, 0.15) is 13.8 Å². The van der Waals surface area contributed by atoms with Crippen molar-refractivity contribution in [3.8, 4) is 17.1 Å². The quantitative estimate of drug-likeness (QED) is 0.281. The van der Waals surface area contributed by atoms with Crippen LogP contribution < -0.4 is 15.4 Å². The van der Waals surface area contributed by atoms with Crippen molar-refractivity contribution in [2.75, 3.05) is 51.5 Å². The van der Waals surface area contributed by atoms with Gasteiger partial charge in [0.25, 0.3) is 5.88 Å². The molecule has 12 heteroatoms. The van der Waals surface area contributed by atoms with E-state index in [1.165, 1.54) is 0 Å². The van der Waals surface area contributed by atoms with Gasteiger partial charge in [0.2, 0.25) is 11.9 Å². The van der Waals surface area contributed by atoms with Crippen LogP contribution in [0.3, 0.4) is 0 Å². The first-order valence-corrected chi connectivity index (χ1v) is 12.1. The van der Waals surface area contributed by atoms with Gasteiger partial charge in [-0.1, -0.05) is 6.92 Å².